The molecule has 0 atom stereocenters. The maximum absolute atomic E-state index is 11.9. The van der Waals surface area contributed by atoms with Crippen molar-refractivity contribution in [2.75, 3.05) is 5.73 Å². The van der Waals surface area contributed by atoms with Gasteiger partial charge in [-0.2, -0.15) is 0 Å². The number of alkyl halides is 3. The number of nitrogen functional groups attached to an aromatic ring is 1. The molecule has 0 heterocycles. The van der Waals surface area contributed by atoms with E-state index in [1.807, 2.05) is 0 Å². The number of benzene rings is 1. The van der Waals surface area contributed by atoms with Crippen LogP contribution < -0.4 is 10.5 Å². The molecule has 0 radical (unpaired) electrons. The Balaban J connectivity index is 2.90. The van der Waals surface area contributed by atoms with E-state index in [4.69, 9.17) is 10.8 Å². The molecular weight excluding hydrogens is 239 g/mol. The molecule has 0 aromatic heterocycles. The predicted molar refractivity (Wildman–Crippen MR) is 54.2 cm³/mol. The van der Waals surface area contributed by atoms with Gasteiger partial charge in [0.2, 0.25) is 0 Å². The highest BCUT2D eigenvalue weighted by Crippen LogP contribution is 2.26. The van der Waals surface area contributed by atoms with Crippen LogP contribution in [0.15, 0.2) is 24.3 Å². The van der Waals surface area contributed by atoms with Crippen molar-refractivity contribution in [3.05, 3.63) is 29.8 Å². The van der Waals surface area contributed by atoms with Crippen LogP contribution in [-0.4, -0.2) is 17.4 Å². The van der Waals surface area contributed by atoms with E-state index in [-0.39, 0.29) is 5.69 Å². The van der Waals surface area contributed by atoms with Crippen LogP contribution in [0.2, 0.25) is 0 Å². The first-order valence-electron chi connectivity index (χ1n) is 4.34. The van der Waals surface area contributed by atoms with Crippen molar-refractivity contribution in [3.63, 3.8) is 0 Å². The number of carbonyl (C=O) groups is 1. The number of carboxylic acid groups (broad SMARTS) is 1. The van der Waals surface area contributed by atoms with Crippen molar-refractivity contribution in [2.24, 2.45) is 0 Å². The largest absolute Gasteiger partial charge is 0.573 e. The zero-order chi connectivity index (χ0) is 13.1. The molecule has 0 unspecified atom stereocenters. The molecule has 1 aromatic carbocycles. The van der Waals surface area contributed by atoms with E-state index in [2.05, 4.69) is 4.74 Å². The second-order valence-corrected chi connectivity index (χ2v) is 3.01. The molecule has 0 spiro atoms. The minimum atomic E-state index is -4.79. The van der Waals surface area contributed by atoms with E-state index in [0.717, 1.165) is 18.2 Å². The second-order valence-electron chi connectivity index (χ2n) is 3.01. The second kappa shape index (κ2) is 4.77. The first-order valence-corrected chi connectivity index (χ1v) is 4.34. The van der Waals surface area contributed by atoms with Crippen LogP contribution in [0.5, 0.6) is 5.75 Å². The minimum Gasteiger partial charge on any atom is -0.478 e. The first-order chi connectivity index (χ1) is 7.78. The third-order valence-corrected chi connectivity index (χ3v) is 1.70. The molecule has 0 saturated carbocycles. The SMILES string of the molecule is Nc1cc(OC(F)(F)F)ccc1/C=C/C(=O)O. The Hall–Kier alpha value is -2.18. The summed E-state index contributed by atoms with van der Waals surface area (Å²) in [6.07, 6.45) is -2.78. The van der Waals surface area contributed by atoms with Gasteiger partial charge in [-0.1, -0.05) is 0 Å². The number of nitrogens with two attached hydrogens (primary N) is 1. The summed E-state index contributed by atoms with van der Waals surface area (Å²) in [7, 11) is 0. The Labute approximate surface area is 94.1 Å². The van der Waals surface area contributed by atoms with Crippen LogP contribution in [0.1, 0.15) is 5.56 Å². The third kappa shape index (κ3) is 4.45. The van der Waals surface area contributed by atoms with Gasteiger partial charge in [0.15, 0.2) is 0 Å². The summed E-state index contributed by atoms with van der Waals surface area (Å²) in [6.45, 7) is 0. The molecule has 0 aliphatic heterocycles. The number of carboxylic acids is 1. The zero-order valence-corrected chi connectivity index (χ0v) is 8.36. The van der Waals surface area contributed by atoms with Crippen LogP contribution >= 0.6 is 0 Å². The van der Waals surface area contributed by atoms with Gasteiger partial charge in [-0.3, -0.25) is 0 Å². The van der Waals surface area contributed by atoms with Crippen molar-refractivity contribution < 1.29 is 27.8 Å². The third-order valence-electron chi connectivity index (χ3n) is 1.70. The quantitative estimate of drug-likeness (QED) is 0.634. The molecule has 17 heavy (non-hydrogen) atoms. The standard InChI is InChI=1S/C10H8F3NO3/c11-10(12,13)17-7-3-1-6(8(14)5-7)2-4-9(15)16/h1-5H,14H2,(H,15,16)/b4-2+. The fraction of sp³-hybridized carbons (Fsp3) is 0.100. The Bertz CT molecular complexity index is 455. The summed E-state index contributed by atoms with van der Waals surface area (Å²) in [6, 6.07) is 3.25. The topological polar surface area (TPSA) is 72.5 Å². The van der Waals surface area contributed by atoms with E-state index >= 15 is 0 Å². The van der Waals surface area contributed by atoms with Gasteiger partial charge in [0, 0.05) is 17.8 Å². The van der Waals surface area contributed by atoms with E-state index in [0.29, 0.717) is 5.56 Å². The van der Waals surface area contributed by atoms with Gasteiger partial charge in [-0.05, 0) is 23.8 Å². The van der Waals surface area contributed by atoms with Crippen molar-refractivity contribution in [1.82, 2.24) is 0 Å². The highest BCUT2D eigenvalue weighted by atomic mass is 19.4. The van der Waals surface area contributed by atoms with Crippen LogP contribution in [0.3, 0.4) is 0 Å². The van der Waals surface area contributed by atoms with Crippen molar-refractivity contribution in [2.45, 2.75) is 6.36 Å². The molecule has 0 bridgehead atoms. The van der Waals surface area contributed by atoms with E-state index in [1.54, 1.807) is 0 Å². The fourth-order valence-electron chi connectivity index (χ4n) is 1.06. The molecule has 4 nitrogen and oxygen atoms in total. The van der Waals surface area contributed by atoms with Gasteiger partial charge in [0.05, 0.1) is 0 Å². The molecular formula is C10H8F3NO3. The van der Waals surface area contributed by atoms with Crippen LogP contribution in [-0.2, 0) is 4.79 Å². The summed E-state index contributed by atoms with van der Waals surface area (Å²) >= 11 is 0. The van der Waals surface area contributed by atoms with E-state index < -0.39 is 18.1 Å². The Morgan fingerprint density at radius 3 is 2.53 bits per heavy atom. The lowest BCUT2D eigenvalue weighted by Crippen LogP contribution is -2.17. The molecule has 0 aliphatic rings. The lowest BCUT2D eigenvalue weighted by molar-refractivity contribution is -0.274. The minimum absolute atomic E-state index is 0.00995. The van der Waals surface area contributed by atoms with Gasteiger partial charge >= 0.3 is 12.3 Å². The normalized spacial score (nSPS) is 11.7. The fourth-order valence-corrected chi connectivity index (χ4v) is 1.06. The summed E-state index contributed by atoms with van der Waals surface area (Å²) in [5, 5.41) is 8.37. The number of halogens is 3. The van der Waals surface area contributed by atoms with Crippen LogP contribution in [0, 0.1) is 0 Å². The smallest absolute Gasteiger partial charge is 0.478 e. The molecule has 92 valence electrons. The van der Waals surface area contributed by atoms with Gasteiger partial charge in [-0.15, -0.1) is 13.2 Å². The average molecular weight is 247 g/mol. The van der Waals surface area contributed by atoms with Gasteiger partial charge in [0.25, 0.3) is 0 Å². The van der Waals surface area contributed by atoms with Crippen molar-refractivity contribution in [1.29, 1.82) is 0 Å². The number of hydrogen-bond donors (Lipinski definition) is 2. The Kier molecular flexibility index (Phi) is 3.62. The lowest BCUT2D eigenvalue weighted by atomic mass is 10.1. The molecule has 0 aliphatic carbocycles. The maximum Gasteiger partial charge on any atom is 0.573 e. The summed E-state index contributed by atoms with van der Waals surface area (Å²) in [5.41, 5.74) is 5.72. The lowest BCUT2D eigenvalue weighted by Gasteiger charge is -2.10. The number of anilines is 1. The summed E-state index contributed by atoms with van der Waals surface area (Å²) in [5.74, 6) is -1.64. The van der Waals surface area contributed by atoms with Crippen LogP contribution in [0.4, 0.5) is 18.9 Å². The maximum atomic E-state index is 11.9. The molecule has 1 rings (SSSR count). The summed E-state index contributed by atoms with van der Waals surface area (Å²) in [4.78, 5) is 10.2. The zero-order valence-electron chi connectivity index (χ0n) is 8.36. The van der Waals surface area contributed by atoms with Gasteiger partial charge < -0.3 is 15.6 Å². The number of hydrogen-bond acceptors (Lipinski definition) is 3. The summed E-state index contributed by atoms with van der Waals surface area (Å²) < 4.78 is 39.3. The Morgan fingerprint density at radius 1 is 1.41 bits per heavy atom. The van der Waals surface area contributed by atoms with Gasteiger partial charge in [0.1, 0.15) is 5.75 Å². The molecule has 0 fully saturated rings. The predicted octanol–water partition coefficient (Wildman–Crippen LogP) is 2.27. The van der Waals surface area contributed by atoms with Crippen molar-refractivity contribution in [3.8, 4) is 5.75 Å². The number of ether oxygens (including phenoxy) is 1. The molecule has 0 amide bonds. The van der Waals surface area contributed by atoms with Crippen molar-refractivity contribution >= 4 is 17.7 Å². The molecule has 7 heteroatoms. The Morgan fingerprint density at radius 2 is 2.06 bits per heavy atom. The van der Waals surface area contributed by atoms with E-state index in [9.17, 15) is 18.0 Å². The average Bonchev–Trinajstić information content (AvgIpc) is 2.13. The molecule has 1 aromatic rings. The van der Waals surface area contributed by atoms with Crippen LogP contribution in [0.25, 0.3) is 6.08 Å². The molecule has 0 saturated heterocycles. The van der Waals surface area contributed by atoms with Gasteiger partial charge in [-0.25, -0.2) is 4.79 Å². The molecule has 3 N–H and O–H groups in total. The number of rotatable bonds is 3. The highest BCUT2D eigenvalue weighted by Gasteiger charge is 2.31. The number of aliphatic carboxylic acids is 1. The first kappa shape index (κ1) is 12.9. The highest BCUT2D eigenvalue weighted by molar-refractivity contribution is 5.86. The monoisotopic (exact) mass is 247 g/mol. The van der Waals surface area contributed by atoms with E-state index in [1.165, 1.54) is 12.1 Å².